The molecule has 0 spiro atoms. The molecule has 38 heavy (non-hydrogen) atoms. The predicted octanol–water partition coefficient (Wildman–Crippen LogP) is 5.45. The van der Waals surface area contributed by atoms with Crippen LogP contribution in [-0.4, -0.2) is 42.0 Å². The van der Waals surface area contributed by atoms with Gasteiger partial charge in [-0.05, 0) is 54.2 Å². The molecular formula is C30H36N4O4. The number of nitrogens with one attached hydrogen (secondary N) is 1. The van der Waals surface area contributed by atoms with E-state index in [0.717, 1.165) is 31.2 Å². The number of carbonyl (C=O) groups excluding carboxylic acids is 2. The smallest absolute Gasteiger partial charge is 0.279 e. The van der Waals surface area contributed by atoms with E-state index in [2.05, 4.69) is 29.1 Å². The van der Waals surface area contributed by atoms with Gasteiger partial charge in [0.25, 0.3) is 5.91 Å². The first-order valence-corrected chi connectivity index (χ1v) is 13.1. The molecule has 1 saturated carbocycles. The lowest BCUT2D eigenvalue weighted by atomic mass is 9.94. The van der Waals surface area contributed by atoms with Gasteiger partial charge in [0, 0.05) is 24.1 Å². The van der Waals surface area contributed by atoms with E-state index in [1.807, 2.05) is 24.3 Å². The molecule has 1 aliphatic carbocycles. The van der Waals surface area contributed by atoms with E-state index in [4.69, 9.17) is 9.47 Å². The maximum atomic E-state index is 14.1. The molecule has 0 aliphatic heterocycles. The lowest BCUT2D eigenvalue weighted by molar-refractivity contribution is -0.123. The van der Waals surface area contributed by atoms with E-state index in [-0.39, 0.29) is 17.6 Å². The van der Waals surface area contributed by atoms with Gasteiger partial charge in [0.05, 0.1) is 20.4 Å². The standard InChI is InChI=1S/C30H36N4O4/c1-20(2)21-10-13-24(14-11-21)34(30(36)25-19-31-16-17-32-25)28(29(35)33-23-8-6-5-7-9-23)22-12-15-26(37-3)27(18-22)38-4/h10-20,23,28H,5-9H2,1-4H3,(H,33,35)/t28-/m1/s1. The molecule has 200 valence electrons. The van der Waals surface area contributed by atoms with Crippen molar-refractivity contribution in [1.82, 2.24) is 15.3 Å². The van der Waals surface area contributed by atoms with Crippen molar-refractivity contribution >= 4 is 17.5 Å². The second-order valence-electron chi connectivity index (χ2n) is 9.87. The van der Waals surface area contributed by atoms with Crippen LogP contribution < -0.4 is 19.7 Å². The second-order valence-corrected chi connectivity index (χ2v) is 9.87. The largest absolute Gasteiger partial charge is 0.493 e. The van der Waals surface area contributed by atoms with Gasteiger partial charge in [-0.3, -0.25) is 19.5 Å². The quantitative estimate of drug-likeness (QED) is 0.406. The van der Waals surface area contributed by atoms with E-state index in [1.165, 1.54) is 29.9 Å². The normalized spacial score (nSPS) is 14.6. The van der Waals surface area contributed by atoms with Crippen LogP contribution in [0.1, 0.15) is 79.5 Å². The molecule has 0 radical (unpaired) electrons. The monoisotopic (exact) mass is 516 g/mol. The van der Waals surface area contributed by atoms with Gasteiger partial charge in [0.2, 0.25) is 5.91 Å². The van der Waals surface area contributed by atoms with Gasteiger partial charge < -0.3 is 14.8 Å². The summed E-state index contributed by atoms with van der Waals surface area (Å²) in [5.74, 6) is 0.658. The van der Waals surface area contributed by atoms with Gasteiger partial charge in [-0.25, -0.2) is 4.98 Å². The van der Waals surface area contributed by atoms with Crippen molar-refractivity contribution in [2.45, 2.75) is 64.0 Å². The minimum atomic E-state index is -0.976. The van der Waals surface area contributed by atoms with Gasteiger partial charge in [-0.2, -0.15) is 0 Å². The van der Waals surface area contributed by atoms with Crippen LogP contribution in [0.5, 0.6) is 11.5 Å². The van der Waals surface area contributed by atoms with Crippen LogP contribution in [0.15, 0.2) is 61.1 Å². The highest BCUT2D eigenvalue weighted by Crippen LogP contribution is 2.36. The summed E-state index contributed by atoms with van der Waals surface area (Å²) in [7, 11) is 3.11. The molecule has 1 aliphatic rings. The van der Waals surface area contributed by atoms with Crippen LogP contribution in [0.4, 0.5) is 5.69 Å². The maximum Gasteiger partial charge on any atom is 0.279 e. The van der Waals surface area contributed by atoms with Gasteiger partial charge in [0.1, 0.15) is 11.7 Å². The molecule has 1 heterocycles. The molecule has 0 unspecified atom stereocenters. The molecule has 1 aromatic heterocycles. The third kappa shape index (κ3) is 6.13. The average molecular weight is 517 g/mol. The Kier molecular flexibility index (Phi) is 8.94. The molecule has 0 saturated heterocycles. The highest BCUT2D eigenvalue weighted by atomic mass is 16.5. The maximum absolute atomic E-state index is 14.1. The Morgan fingerprint density at radius 2 is 1.61 bits per heavy atom. The van der Waals surface area contributed by atoms with E-state index in [1.54, 1.807) is 32.4 Å². The van der Waals surface area contributed by atoms with Gasteiger partial charge >= 0.3 is 0 Å². The number of hydrogen-bond acceptors (Lipinski definition) is 6. The zero-order valence-corrected chi connectivity index (χ0v) is 22.5. The molecule has 2 amide bonds. The molecule has 3 aromatic rings. The minimum Gasteiger partial charge on any atom is -0.493 e. The van der Waals surface area contributed by atoms with Crippen LogP contribution in [0, 0.1) is 0 Å². The predicted molar refractivity (Wildman–Crippen MR) is 147 cm³/mol. The van der Waals surface area contributed by atoms with Crippen molar-refractivity contribution in [3.63, 3.8) is 0 Å². The Labute approximate surface area is 224 Å². The number of aromatic nitrogens is 2. The molecular weight excluding hydrogens is 480 g/mol. The summed E-state index contributed by atoms with van der Waals surface area (Å²) in [6, 6.07) is 12.1. The number of methoxy groups -OCH3 is 2. The topological polar surface area (TPSA) is 93.7 Å². The number of rotatable bonds is 9. The van der Waals surface area contributed by atoms with E-state index >= 15 is 0 Å². The zero-order chi connectivity index (χ0) is 27.1. The van der Waals surface area contributed by atoms with Crippen LogP contribution in [0.25, 0.3) is 0 Å². The lowest BCUT2D eigenvalue weighted by Crippen LogP contribution is -2.47. The summed E-state index contributed by atoms with van der Waals surface area (Å²) in [6.45, 7) is 4.23. The number of benzene rings is 2. The Bertz CT molecular complexity index is 1220. The summed E-state index contributed by atoms with van der Waals surface area (Å²) >= 11 is 0. The van der Waals surface area contributed by atoms with Gasteiger partial charge in [-0.15, -0.1) is 0 Å². The fourth-order valence-electron chi connectivity index (χ4n) is 4.90. The van der Waals surface area contributed by atoms with E-state index in [9.17, 15) is 9.59 Å². The van der Waals surface area contributed by atoms with Crippen molar-refractivity contribution in [2.24, 2.45) is 0 Å². The van der Waals surface area contributed by atoms with Crippen LogP contribution >= 0.6 is 0 Å². The number of hydrogen-bond donors (Lipinski definition) is 1. The Morgan fingerprint density at radius 3 is 2.21 bits per heavy atom. The van der Waals surface area contributed by atoms with Crippen molar-refractivity contribution in [1.29, 1.82) is 0 Å². The molecule has 8 nitrogen and oxygen atoms in total. The zero-order valence-electron chi connectivity index (χ0n) is 22.5. The lowest BCUT2D eigenvalue weighted by Gasteiger charge is -2.33. The fourth-order valence-corrected chi connectivity index (χ4v) is 4.90. The Hall–Kier alpha value is -3.94. The van der Waals surface area contributed by atoms with Crippen molar-refractivity contribution in [3.8, 4) is 11.5 Å². The minimum absolute atomic E-state index is 0.0654. The Morgan fingerprint density at radius 1 is 0.921 bits per heavy atom. The van der Waals surface area contributed by atoms with E-state index < -0.39 is 11.9 Å². The molecule has 1 atom stereocenters. The first kappa shape index (κ1) is 27.1. The number of amides is 2. The second kappa shape index (κ2) is 12.5. The molecule has 1 fully saturated rings. The summed E-state index contributed by atoms with van der Waals surface area (Å²) in [6.07, 6.45) is 9.57. The fraction of sp³-hybridized carbons (Fsp3) is 0.400. The SMILES string of the molecule is COc1ccc([C@H](C(=O)NC2CCCCC2)N(C(=O)c2cnccn2)c2ccc(C(C)C)cc2)cc1OC. The Balaban J connectivity index is 1.85. The van der Waals surface area contributed by atoms with Crippen molar-refractivity contribution < 1.29 is 19.1 Å². The highest BCUT2D eigenvalue weighted by Gasteiger charge is 2.36. The third-order valence-corrected chi connectivity index (χ3v) is 7.02. The number of anilines is 1. The molecule has 4 rings (SSSR count). The van der Waals surface area contributed by atoms with Gasteiger partial charge in [-0.1, -0.05) is 51.3 Å². The highest BCUT2D eigenvalue weighted by molar-refractivity contribution is 6.09. The average Bonchev–Trinajstić information content (AvgIpc) is 2.96. The van der Waals surface area contributed by atoms with Crippen LogP contribution in [0.3, 0.4) is 0 Å². The molecule has 8 heteroatoms. The summed E-state index contributed by atoms with van der Waals surface area (Å²) < 4.78 is 11.0. The first-order valence-electron chi connectivity index (χ1n) is 13.1. The third-order valence-electron chi connectivity index (χ3n) is 7.02. The van der Waals surface area contributed by atoms with Crippen molar-refractivity contribution in [3.05, 3.63) is 77.9 Å². The van der Waals surface area contributed by atoms with Crippen LogP contribution in [-0.2, 0) is 4.79 Å². The summed E-state index contributed by atoms with van der Waals surface area (Å²) in [5, 5.41) is 3.23. The first-order chi connectivity index (χ1) is 18.4. The summed E-state index contributed by atoms with van der Waals surface area (Å²) in [4.78, 5) is 38.0. The molecule has 0 bridgehead atoms. The molecule has 2 aromatic carbocycles. The van der Waals surface area contributed by atoms with Crippen LogP contribution in [0.2, 0.25) is 0 Å². The number of carbonyl (C=O) groups is 2. The summed E-state index contributed by atoms with van der Waals surface area (Å²) in [5.41, 5.74) is 2.47. The van der Waals surface area contributed by atoms with Gasteiger partial charge in [0.15, 0.2) is 11.5 Å². The number of ether oxygens (including phenoxy) is 2. The van der Waals surface area contributed by atoms with E-state index in [0.29, 0.717) is 28.7 Å². The van der Waals surface area contributed by atoms with Crippen molar-refractivity contribution in [2.75, 3.05) is 19.1 Å². The number of nitrogens with zero attached hydrogens (tertiary/aromatic N) is 3. The molecule has 1 N–H and O–H groups in total.